The second-order valence-electron chi connectivity index (χ2n) is 12.1. The van der Waals surface area contributed by atoms with Crippen LogP contribution in [0.5, 0.6) is 11.5 Å². The number of carbonyl (C=O) groups is 1. The number of phenolic OH excluding ortho intramolecular Hbond substituents is 1. The molecule has 0 saturated heterocycles. The zero-order valence-electron chi connectivity index (χ0n) is 25.7. The summed E-state index contributed by atoms with van der Waals surface area (Å²) in [6, 6.07) is 23.0. The van der Waals surface area contributed by atoms with Crippen LogP contribution < -0.4 is 15.7 Å². The lowest BCUT2D eigenvalue weighted by Crippen LogP contribution is -2.35. The molecule has 0 bridgehead atoms. The van der Waals surface area contributed by atoms with Crippen molar-refractivity contribution in [3.05, 3.63) is 112 Å². The Hall–Kier alpha value is -5.25. The highest BCUT2D eigenvalue weighted by Gasteiger charge is 2.29. The van der Waals surface area contributed by atoms with Crippen LogP contribution >= 0.6 is 0 Å². The van der Waals surface area contributed by atoms with Crippen LogP contribution in [-0.4, -0.2) is 42.0 Å². The van der Waals surface area contributed by atoms with Crippen molar-refractivity contribution in [1.29, 1.82) is 0 Å². The van der Waals surface area contributed by atoms with Gasteiger partial charge in [-0.25, -0.2) is 9.94 Å². The number of carbonyl (C=O) groups excluding carboxylic acids is 1. The van der Waals surface area contributed by atoms with Gasteiger partial charge in [-0.1, -0.05) is 55.8 Å². The van der Waals surface area contributed by atoms with E-state index in [1.807, 2.05) is 39.4 Å². The Bertz CT molecular complexity index is 1970. The fraction of sp³-hybridized carbons (Fsp3) is 0.306. The van der Waals surface area contributed by atoms with E-state index >= 15 is 0 Å². The van der Waals surface area contributed by atoms with Crippen LogP contribution in [-0.2, 0) is 17.6 Å². The number of hydrogen-bond acceptors (Lipinski definition) is 7. The van der Waals surface area contributed by atoms with Gasteiger partial charge in [-0.2, -0.15) is 15.2 Å². The van der Waals surface area contributed by atoms with Crippen LogP contribution in [0.15, 0.2) is 89.0 Å². The third kappa shape index (κ3) is 5.78. The molecule has 1 saturated carbocycles. The molecule has 10 heteroatoms. The topological polar surface area (TPSA) is 123 Å². The fourth-order valence-corrected chi connectivity index (χ4v) is 6.75. The molecule has 10 nitrogen and oxygen atoms in total. The number of phenols is 1. The van der Waals surface area contributed by atoms with Crippen molar-refractivity contribution >= 4 is 17.4 Å². The van der Waals surface area contributed by atoms with Gasteiger partial charge in [0.05, 0.1) is 23.9 Å². The molecule has 0 spiro atoms. The Balaban J connectivity index is 1.23. The van der Waals surface area contributed by atoms with Crippen molar-refractivity contribution in [3.8, 4) is 22.6 Å². The molecule has 1 amide bonds. The summed E-state index contributed by atoms with van der Waals surface area (Å²) in [5.41, 5.74) is 8.71. The van der Waals surface area contributed by atoms with Gasteiger partial charge in [-0.3, -0.25) is 14.2 Å². The van der Waals surface area contributed by atoms with Gasteiger partial charge >= 0.3 is 0 Å². The van der Waals surface area contributed by atoms with E-state index in [4.69, 9.17) is 4.74 Å². The molecule has 1 aliphatic heterocycles. The molecule has 0 unspecified atom stereocenters. The Kier molecular flexibility index (Phi) is 8.09. The van der Waals surface area contributed by atoms with Crippen LogP contribution in [0.1, 0.15) is 73.9 Å². The van der Waals surface area contributed by atoms with E-state index in [9.17, 15) is 14.7 Å². The number of nitrogens with one attached hydrogen (secondary N) is 1. The Morgan fingerprint density at radius 1 is 0.957 bits per heavy atom. The molecule has 0 radical (unpaired) electrons. The van der Waals surface area contributed by atoms with Crippen LogP contribution in [0.2, 0.25) is 0 Å². The maximum atomic E-state index is 14.5. The number of ether oxygens (including phenoxy) is 1. The Morgan fingerprint density at radius 2 is 1.74 bits per heavy atom. The fourth-order valence-electron chi connectivity index (χ4n) is 6.75. The van der Waals surface area contributed by atoms with Gasteiger partial charge in [0.2, 0.25) is 11.7 Å². The van der Waals surface area contributed by atoms with E-state index in [-0.39, 0.29) is 35.8 Å². The number of hydrogen-bond donors (Lipinski definition) is 2. The number of hydrazone groups is 1. The first kappa shape index (κ1) is 29.5. The first-order valence-corrected chi connectivity index (χ1v) is 15.9. The summed E-state index contributed by atoms with van der Waals surface area (Å²) in [6.07, 6.45) is 6.87. The summed E-state index contributed by atoms with van der Waals surface area (Å²) in [6.45, 7) is 2.10. The standard InChI is InChI=1S/C36H36N6O4/c1-2-6-33-31(20-23-9-18-29(24-7-4-3-5-8-24)30(19-23)32-21-34(44)40-39-32)35(45)41(36-37-22-38-42(33)36)25-10-14-27(15-11-25)46-28-16-12-26(43)13-17-28/h3-5,7-9,12-13,16-19,22,25,27,43H,2,6,10-11,14-15,20-21H2,1H3,(H,40,44). The lowest BCUT2D eigenvalue weighted by Gasteiger charge is -2.31. The average Bonchev–Trinajstić information content (AvgIpc) is 3.74. The number of benzene rings is 3. The minimum Gasteiger partial charge on any atom is -0.508 e. The van der Waals surface area contributed by atoms with Gasteiger partial charge in [0.25, 0.3) is 5.56 Å². The quantitative estimate of drug-likeness (QED) is 0.223. The lowest BCUT2D eigenvalue weighted by molar-refractivity contribution is -0.119. The monoisotopic (exact) mass is 616 g/mol. The summed E-state index contributed by atoms with van der Waals surface area (Å²) >= 11 is 0. The van der Waals surface area contributed by atoms with E-state index in [0.717, 1.165) is 65.8 Å². The van der Waals surface area contributed by atoms with Crippen molar-refractivity contribution in [2.24, 2.45) is 5.10 Å². The summed E-state index contributed by atoms with van der Waals surface area (Å²) < 4.78 is 9.88. The van der Waals surface area contributed by atoms with Crippen LogP contribution in [0, 0.1) is 0 Å². The van der Waals surface area contributed by atoms with Gasteiger partial charge < -0.3 is 9.84 Å². The maximum absolute atomic E-state index is 14.5. The number of amides is 1. The van der Waals surface area contributed by atoms with E-state index in [2.05, 4.69) is 45.7 Å². The number of nitrogens with zero attached hydrogens (tertiary/aromatic N) is 5. The predicted octanol–water partition coefficient (Wildman–Crippen LogP) is 5.59. The first-order chi connectivity index (χ1) is 22.5. The smallest absolute Gasteiger partial charge is 0.259 e. The summed E-state index contributed by atoms with van der Waals surface area (Å²) in [5.74, 6) is 1.38. The normalized spacial score (nSPS) is 18.0. The van der Waals surface area contributed by atoms with Gasteiger partial charge in [0.15, 0.2) is 0 Å². The number of rotatable bonds is 9. The molecule has 3 aromatic carbocycles. The second-order valence-corrected chi connectivity index (χ2v) is 12.1. The van der Waals surface area contributed by atoms with E-state index in [0.29, 0.717) is 29.9 Å². The van der Waals surface area contributed by atoms with Crippen molar-refractivity contribution in [3.63, 3.8) is 0 Å². The minimum atomic E-state index is -0.132. The highest BCUT2D eigenvalue weighted by atomic mass is 16.5. The largest absolute Gasteiger partial charge is 0.508 e. The van der Waals surface area contributed by atoms with E-state index < -0.39 is 0 Å². The number of aromatic hydroxyl groups is 1. The molecular weight excluding hydrogens is 580 g/mol. The van der Waals surface area contributed by atoms with E-state index in [1.165, 1.54) is 6.33 Å². The van der Waals surface area contributed by atoms with Crippen molar-refractivity contribution in [2.45, 2.75) is 70.4 Å². The summed E-state index contributed by atoms with van der Waals surface area (Å²) in [5, 5.41) is 18.5. The summed E-state index contributed by atoms with van der Waals surface area (Å²) in [7, 11) is 0. The first-order valence-electron chi connectivity index (χ1n) is 15.9. The molecule has 5 aromatic rings. The van der Waals surface area contributed by atoms with Crippen LogP contribution in [0.4, 0.5) is 0 Å². The highest BCUT2D eigenvalue weighted by molar-refractivity contribution is 6.16. The molecule has 0 atom stereocenters. The molecular formula is C36H36N6O4. The van der Waals surface area contributed by atoms with Crippen LogP contribution in [0.25, 0.3) is 16.9 Å². The zero-order valence-corrected chi connectivity index (χ0v) is 25.7. The van der Waals surface area contributed by atoms with Crippen LogP contribution in [0.3, 0.4) is 0 Å². The lowest BCUT2D eigenvalue weighted by atomic mass is 9.91. The summed E-state index contributed by atoms with van der Waals surface area (Å²) in [4.78, 5) is 31.2. The highest BCUT2D eigenvalue weighted by Crippen LogP contribution is 2.33. The molecule has 2 N–H and O–H groups in total. The van der Waals surface area contributed by atoms with Crippen molar-refractivity contribution in [2.75, 3.05) is 0 Å². The third-order valence-electron chi connectivity index (χ3n) is 8.97. The van der Waals surface area contributed by atoms with Gasteiger partial charge in [-0.05, 0) is 79.1 Å². The zero-order chi connectivity index (χ0) is 31.6. The molecule has 3 heterocycles. The molecule has 2 aromatic heterocycles. The molecule has 234 valence electrons. The Labute approximate surface area is 266 Å². The molecule has 7 rings (SSSR count). The maximum Gasteiger partial charge on any atom is 0.259 e. The number of aromatic nitrogens is 4. The van der Waals surface area contributed by atoms with Gasteiger partial charge in [0.1, 0.15) is 17.8 Å². The molecule has 46 heavy (non-hydrogen) atoms. The van der Waals surface area contributed by atoms with E-state index in [1.54, 1.807) is 24.3 Å². The number of fused-ring (bicyclic) bond motifs is 1. The average molecular weight is 617 g/mol. The van der Waals surface area contributed by atoms with Crippen molar-refractivity contribution in [1.82, 2.24) is 24.6 Å². The van der Waals surface area contributed by atoms with Gasteiger partial charge in [-0.15, -0.1) is 0 Å². The van der Waals surface area contributed by atoms with Gasteiger partial charge in [0, 0.05) is 23.6 Å². The second kappa shape index (κ2) is 12.6. The molecule has 1 aliphatic carbocycles. The molecule has 2 aliphatic rings. The molecule has 1 fully saturated rings. The predicted molar refractivity (Wildman–Crippen MR) is 175 cm³/mol. The number of aryl methyl sites for hydroxylation is 1. The Morgan fingerprint density at radius 3 is 2.46 bits per heavy atom. The van der Waals surface area contributed by atoms with Crippen molar-refractivity contribution < 1.29 is 14.6 Å². The third-order valence-corrected chi connectivity index (χ3v) is 8.97. The SMILES string of the molecule is CCCc1c(Cc2ccc(-c3ccccc3)c(C3=NNC(=O)C3)c2)c(=O)n(C2CCC(Oc3ccc(O)cc3)CC2)c2ncnn12. The minimum absolute atomic E-state index is 0.0319.